The second-order valence-corrected chi connectivity index (χ2v) is 9.52. The zero-order chi connectivity index (χ0) is 20.8. The summed E-state index contributed by atoms with van der Waals surface area (Å²) in [5.74, 6) is -0.0580. The molecule has 3 atom stereocenters. The predicted octanol–water partition coefficient (Wildman–Crippen LogP) is -2.36. The Hall–Kier alpha value is -2.21. The van der Waals surface area contributed by atoms with Gasteiger partial charge in [0.15, 0.2) is 0 Å². The number of rotatable bonds is 7. The van der Waals surface area contributed by atoms with Crippen LogP contribution < -0.4 is 10.0 Å². The summed E-state index contributed by atoms with van der Waals surface area (Å²) in [6.45, 7) is 2.82. The van der Waals surface area contributed by atoms with Gasteiger partial charge in [0, 0.05) is 26.7 Å². The van der Waals surface area contributed by atoms with Crippen LogP contribution in [0.15, 0.2) is 0 Å². The summed E-state index contributed by atoms with van der Waals surface area (Å²) in [6.07, 6.45) is 1.01. The Bertz CT molecular complexity index is 802. The predicted molar refractivity (Wildman–Crippen MR) is 97.2 cm³/mol. The Morgan fingerprint density at radius 3 is 2.32 bits per heavy atom. The number of hydrogen-bond donors (Lipinski definition) is 2. The third kappa shape index (κ3) is 4.27. The van der Waals surface area contributed by atoms with E-state index in [9.17, 15) is 27.6 Å². The van der Waals surface area contributed by atoms with Crippen molar-refractivity contribution in [2.75, 3.05) is 46.0 Å². The molecular formula is C16H25N5O6S. The number of carbonyl (C=O) groups excluding carboxylic acids is 4. The molecule has 28 heavy (non-hydrogen) atoms. The minimum Gasteiger partial charge on any atom is -0.354 e. The Balaban J connectivity index is 1.39. The molecule has 2 heterocycles. The van der Waals surface area contributed by atoms with Crippen molar-refractivity contribution in [3.05, 3.63) is 0 Å². The molecule has 0 spiro atoms. The average Bonchev–Trinajstić information content (AvgIpc) is 2.92. The molecule has 3 unspecified atom stereocenters. The van der Waals surface area contributed by atoms with E-state index in [1.54, 1.807) is 4.90 Å². The van der Waals surface area contributed by atoms with Gasteiger partial charge in [-0.25, -0.2) is 17.9 Å². The van der Waals surface area contributed by atoms with Crippen LogP contribution in [0.25, 0.3) is 0 Å². The largest absolute Gasteiger partial charge is 0.354 e. The number of imide groups is 1. The molecule has 0 aromatic heterocycles. The van der Waals surface area contributed by atoms with Crippen molar-refractivity contribution in [3.8, 4) is 0 Å². The van der Waals surface area contributed by atoms with Crippen molar-refractivity contribution < 1.29 is 27.6 Å². The summed E-state index contributed by atoms with van der Waals surface area (Å²) in [5.41, 5.74) is 0. The van der Waals surface area contributed by atoms with Gasteiger partial charge in [-0.15, -0.1) is 0 Å². The molecule has 0 radical (unpaired) electrons. The summed E-state index contributed by atoms with van der Waals surface area (Å²) in [4.78, 5) is 51.4. The van der Waals surface area contributed by atoms with E-state index in [1.165, 1.54) is 18.9 Å². The summed E-state index contributed by atoms with van der Waals surface area (Å²) in [5, 5.41) is 2.79. The summed E-state index contributed by atoms with van der Waals surface area (Å²) >= 11 is 0. The molecule has 2 aliphatic heterocycles. The van der Waals surface area contributed by atoms with E-state index in [0.717, 1.165) is 11.2 Å². The molecule has 2 saturated heterocycles. The molecule has 0 aromatic rings. The molecule has 1 saturated carbocycles. The van der Waals surface area contributed by atoms with E-state index < -0.39 is 22.1 Å². The van der Waals surface area contributed by atoms with Crippen molar-refractivity contribution in [3.63, 3.8) is 0 Å². The van der Waals surface area contributed by atoms with Crippen LogP contribution >= 0.6 is 0 Å². The van der Waals surface area contributed by atoms with Gasteiger partial charge in [0.2, 0.25) is 27.7 Å². The van der Waals surface area contributed by atoms with Gasteiger partial charge < -0.3 is 15.1 Å². The van der Waals surface area contributed by atoms with Gasteiger partial charge >= 0.3 is 6.03 Å². The number of fused-ring (bicyclic) bond motifs is 1. The first-order chi connectivity index (χ1) is 13.0. The Labute approximate surface area is 163 Å². The third-order valence-electron chi connectivity index (χ3n) is 5.57. The molecular weight excluding hydrogens is 390 g/mol. The van der Waals surface area contributed by atoms with E-state index in [2.05, 4.69) is 10.0 Å². The molecule has 5 amide bonds. The Morgan fingerprint density at radius 1 is 1.21 bits per heavy atom. The van der Waals surface area contributed by atoms with Crippen molar-refractivity contribution in [2.24, 2.45) is 17.8 Å². The van der Waals surface area contributed by atoms with Crippen LogP contribution in [-0.2, 0) is 24.4 Å². The van der Waals surface area contributed by atoms with Gasteiger partial charge in [-0.05, 0) is 24.7 Å². The summed E-state index contributed by atoms with van der Waals surface area (Å²) in [7, 11) is -2.06. The molecule has 2 N–H and O–H groups in total. The lowest BCUT2D eigenvalue weighted by Gasteiger charge is -2.23. The van der Waals surface area contributed by atoms with E-state index in [-0.39, 0.29) is 48.6 Å². The third-order valence-corrected chi connectivity index (χ3v) is 6.35. The lowest BCUT2D eigenvalue weighted by molar-refractivity contribution is -0.132. The van der Waals surface area contributed by atoms with Gasteiger partial charge in [0.05, 0.1) is 12.3 Å². The minimum absolute atomic E-state index is 0.0891. The second kappa shape index (κ2) is 7.32. The maximum atomic E-state index is 12.3. The second-order valence-electron chi connectivity index (χ2n) is 7.74. The highest BCUT2D eigenvalue weighted by Crippen LogP contribution is 2.51. The number of nitrogens with zero attached hydrogens (tertiary/aromatic N) is 3. The molecule has 3 rings (SSSR count). The first-order valence-corrected chi connectivity index (χ1v) is 11.0. The fourth-order valence-electron chi connectivity index (χ4n) is 4.02. The maximum Gasteiger partial charge on any atom is 0.327 e. The van der Waals surface area contributed by atoms with Gasteiger partial charge in [-0.1, -0.05) is 0 Å². The summed E-state index contributed by atoms with van der Waals surface area (Å²) in [6, 6.07) is -1.28. The molecule has 12 heteroatoms. The van der Waals surface area contributed by atoms with Crippen LogP contribution in [0.5, 0.6) is 0 Å². The lowest BCUT2D eigenvalue weighted by Crippen LogP contribution is -2.47. The van der Waals surface area contributed by atoms with E-state index in [4.69, 9.17) is 0 Å². The quantitative estimate of drug-likeness (QED) is 0.447. The van der Waals surface area contributed by atoms with Crippen molar-refractivity contribution in [1.29, 1.82) is 0 Å². The number of sulfonamides is 1. The monoisotopic (exact) mass is 415 g/mol. The molecule has 3 aliphatic rings. The normalized spacial score (nSPS) is 27.8. The number of piperidine rings is 1. The van der Waals surface area contributed by atoms with Crippen LogP contribution in [0.3, 0.4) is 0 Å². The molecule has 0 aromatic carbocycles. The molecule has 0 bridgehead atoms. The van der Waals surface area contributed by atoms with Gasteiger partial charge in [-0.3, -0.25) is 19.3 Å². The minimum atomic E-state index is -3.45. The van der Waals surface area contributed by atoms with Crippen molar-refractivity contribution >= 4 is 33.8 Å². The van der Waals surface area contributed by atoms with Crippen LogP contribution in [0.1, 0.15) is 6.92 Å². The number of urea groups is 1. The fraction of sp³-hybridized carbons (Fsp3) is 0.750. The van der Waals surface area contributed by atoms with Gasteiger partial charge in [0.25, 0.3) is 0 Å². The van der Waals surface area contributed by atoms with Crippen LogP contribution in [-0.4, -0.2) is 98.9 Å². The van der Waals surface area contributed by atoms with E-state index in [1.807, 2.05) is 0 Å². The number of carbonyl (C=O) groups is 4. The molecule has 156 valence electrons. The first-order valence-electron chi connectivity index (χ1n) is 9.06. The zero-order valence-electron chi connectivity index (χ0n) is 16.0. The molecule has 1 aliphatic carbocycles. The van der Waals surface area contributed by atoms with Crippen molar-refractivity contribution in [1.82, 2.24) is 24.7 Å². The SMILES string of the molecule is CC(NS(C)(=O)=O)C(=O)N1CC2C(CNC(=O)CN3CC(=O)N(C)C3=O)C2C1. The average molecular weight is 415 g/mol. The number of hydrogen-bond acceptors (Lipinski definition) is 6. The highest BCUT2D eigenvalue weighted by molar-refractivity contribution is 7.88. The van der Waals surface area contributed by atoms with E-state index >= 15 is 0 Å². The smallest absolute Gasteiger partial charge is 0.327 e. The van der Waals surface area contributed by atoms with Gasteiger partial charge in [-0.2, -0.15) is 0 Å². The number of amides is 5. The van der Waals surface area contributed by atoms with Crippen LogP contribution in [0.4, 0.5) is 4.79 Å². The number of likely N-dealkylation sites (tertiary alicyclic amines) is 1. The van der Waals surface area contributed by atoms with Crippen LogP contribution in [0, 0.1) is 17.8 Å². The number of nitrogens with one attached hydrogen (secondary N) is 2. The Kier molecular flexibility index (Phi) is 5.36. The maximum absolute atomic E-state index is 12.3. The lowest BCUT2D eigenvalue weighted by atomic mass is 10.2. The molecule has 3 fully saturated rings. The topological polar surface area (TPSA) is 136 Å². The number of likely N-dealkylation sites (N-methyl/N-ethyl adjacent to an activating group) is 1. The highest BCUT2D eigenvalue weighted by atomic mass is 32.2. The van der Waals surface area contributed by atoms with E-state index in [0.29, 0.717) is 19.6 Å². The fourth-order valence-corrected chi connectivity index (χ4v) is 4.76. The Morgan fingerprint density at radius 2 is 1.82 bits per heavy atom. The zero-order valence-corrected chi connectivity index (χ0v) is 16.9. The van der Waals surface area contributed by atoms with Gasteiger partial charge in [0.1, 0.15) is 13.1 Å². The highest BCUT2D eigenvalue weighted by Gasteiger charge is 2.56. The van der Waals surface area contributed by atoms with Crippen LogP contribution in [0.2, 0.25) is 0 Å². The summed E-state index contributed by atoms with van der Waals surface area (Å²) < 4.78 is 24.8. The first kappa shape index (κ1) is 20.5. The molecule has 11 nitrogen and oxygen atoms in total. The van der Waals surface area contributed by atoms with Crippen molar-refractivity contribution in [2.45, 2.75) is 13.0 Å². The standard InChI is InChI=1S/C16H25N5O6S/c1-9(18-28(3,26)27)15(24)20-5-11-10(12(11)6-20)4-17-13(22)7-21-8-14(23)19(2)16(21)25/h9-12,18H,4-8H2,1-3H3,(H,17,22).